The zero-order chi connectivity index (χ0) is 23.6. The Morgan fingerprint density at radius 1 is 1.09 bits per heavy atom. The number of aromatic nitrogens is 3. The Morgan fingerprint density at radius 2 is 1.79 bits per heavy atom. The molecular formula is C21H20F2N4O5S. The van der Waals surface area contributed by atoms with Gasteiger partial charge in [-0.25, -0.2) is 8.42 Å². The van der Waals surface area contributed by atoms with Crippen molar-refractivity contribution in [3.63, 3.8) is 0 Å². The molecule has 0 aliphatic carbocycles. The Kier molecular flexibility index (Phi) is 6.36. The van der Waals surface area contributed by atoms with Gasteiger partial charge in [0.1, 0.15) is 0 Å². The van der Waals surface area contributed by atoms with E-state index in [9.17, 15) is 26.8 Å². The summed E-state index contributed by atoms with van der Waals surface area (Å²) in [6.45, 7) is 0.210. The lowest BCUT2D eigenvalue weighted by Gasteiger charge is -2.30. The van der Waals surface area contributed by atoms with Crippen molar-refractivity contribution in [1.29, 1.82) is 0 Å². The van der Waals surface area contributed by atoms with E-state index >= 15 is 0 Å². The molecule has 1 aliphatic heterocycles. The average molecular weight is 478 g/mol. The van der Waals surface area contributed by atoms with Gasteiger partial charge in [0.15, 0.2) is 9.84 Å². The van der Waals surface area contributed by atoms with E-state index in [1.165, 1.54) is 27.8 Å². The lowest BCUT2D eigenvalue weighted by atomic mass is 9.97. The van der Waals surface area contributed by atoms with Gasteiger partial charge in [-0.3, -0.25) is 9.59 Å². The summed E-state index contributed by atoms with van der Waals surface area (Å²) in [5, 5.41) is 6.78. The quantitative estimate of drug-likeness (QED) is 0.531. The number of hydrogen-bond acceptors (Lipinski definition) is 7. The molecule has 1 aliphatic rings. The lowest BCUT2D eigenvalue weighted by molar-refractivity contribution is -0.132. The molecule has 1 unspecified atom stereocenters. The maximum Gasteiger partial charge on any atom is 0.314 e. The molecule has 33 heavy (non-hydrogen) atoms. The van der Waals surface area contributed by atoms with Crippen LogP contribution in [0.4, 0.5) is 8.78 Å². The molecule has 12 heteroatoms. The Bertz CT molecular complexity index is 1290. The van der Waals surface area contributed by atoms with Gasteiger partial charge in [-0.1, -0.05) is 30.3 Å². The molecule has 1 fully saturated rings. The van der Waals surface area contributed by atoms with E-state index < -0.39 is 33.6 Å². The molecule has 1 atom stereocenters. The number of carbonyl (C=O) groups is 1. The van der Waals surface area contributed by atoms with Gasteiger partial charge in [-0.2, -0.15) is 8.78 Å². The molecule has 0 N–H and O–H groups in total. The second kappa shape index (κ2) is 9.22. The third-order valence-corrected chi connectivity index (χ3v) is 7.01. The van der Waals surface area contributed by atoms with Gasteiger partial charge in [-0.15, -0.1) is 10.2 Å². The summed E-state index contributed by atoms with van der Waals surface area (Å²) in [6, 6.07) is 11.5. The van der Waals surface area contributed by atoms with Crippen molar-refractivity contribution in [2.24, 2.45) is 0 Å². The first kappa shape index (κ1) is 22.8. The second-order valence-corrected chi connectivity index (χ2v) is 9.90. The SMILES string of the molecule is O=C(C(Cn1ccc(-c2nnc(C(F)F)o2)cc1=O)c1ccccc1)N1CCS(=O)(=O)CC1. The van der Waals surface area contributed by atoms with Gasteiger partial charge in [0, 0.05) is 37.5 Å². The highest BCUT2D eigenvalue weighted by atomic mass is 32.2. The Balaban J connectivity index is 1.60. The summed E-state index contributed by atoms with van der Waals surface area (Å²) < 4.78 is 55.1. The minimum atomic E-state index is -3.16. The van der Waals surface area contributed by atoms with Crippen LogP contribution in [0.2, 0.25) is 0 Å². The predicted octanol–water partition coefficient (Wildman–Crippen LogP) is 1.88. The summed E-state index contributed by atoms with van der Waals surface area (Å²) in [5.74, 6) is -2.23. The molecule has 9 nitrogen and oxygen atoms in total. The molecule has 3 heterocycles. The highest BCUT2D eigenvalue weighted by Gasteiger charge is 2.31. The lowest BCUT2D eigenvalue weighted by Crippen LogP contribution is -2.46. The van der Waals surface area contributed by atoms with E-state index in [0.29, 0.717) is 5.56 Å². The highest BCUT2D eigenvalue weighted by molar-refractivity contribution is 7.91. The van der Waals surface area contributed by atoms with Crippen LogP contribution in [0.25, 0.3) is 11.5 Å². The van der Waals surface area contributed by atoms with Crippen molar-refractivity contribution in [2.75, 3.05) is 24.6 Å². The molecule has 0 saturated carbocycles. The fraction of sp³-hybridized carbons (Fsp3) is 0.333. The average Bonchev–Trinajstić information content (AvgIpc) is 3.29. The largest absolute Gasteiger partial charge is 0.415 e. The summed E-state index contributed by atoms with van der Waals surface area (Å²) in [5.41, 5.74) is 0.379. The van der Waals surface area contributed by atoms with Crippen LogP contribution in [0.1, 0.15) is 23.8 Å². The molecule has 174 valence electrons. The van der Waals surface area contributed by atoms with Crippen LogP contribution in [-0.4, -0.2) is 58.6 Å². The number of rotatable bonds is 6. The van der Waals surface area contributed by atoms with E-state index in [1.807, 2.05) is 0 Å². The van der Waals surface area contributed by atoms with Crippen molar-refractivity contribution in [3.8, 4) is 11.5 Å². The van der Waals surface area contributed by atoms with Gasteiger partial charge < -0.3 is 13.9 Å². The Hall–Kier alpha value is -3.41. The monoisotopic (exact) mass is 478 g/mol. The van der Waals surface area contributed by atoms with E-state index in [2.05, 4.69) is 10.2 Å². The number of pyridine rings is 1. The summed E-state index contributed by atoms with van der Waals surface area (Å²) >= 11 is 0. The smallest absolute Gasteiger partial charge is 0.314 e. The van der Waals surface area contributed by atoms with Gasteiger partial charge in [0.05, 0.1) is 17.4 Å². The van der Waals surface area contributed by atoms with E-state index in [0.717, 1.165) is 0 Å². The summed E-state index contributed by atoms with van der Waals surface area (Å²) in [4.78, 5) is 27.5. The number of alkyl halides is 2. The van der Waals surface area contributed by atoms with Gasteiger partial charge >= 0.3 is 6.43 Å². The van der Waals surface area contributed by atoms with Crippen LogP contribution in [0.15, 0.2) is 57.9 Å². The van der Waals surface area contributed by atoms with Crippen LogP contribution in [0, 0.1) is 0 Å². The first-order valence-electron chi connectivity index (χ1n) is 10.1. The first-order valence-corrected chi connectivity index (χ1v) is 11.9. The first-order chi connectivity index (χ1) is 15.7. The fourth-order valence-electron chi connectivity index (χ4n) is 3.59. The fourth-order valence-corrected chi connectivity index (χ4v) is 4.79. The highest BCUT2D eigenvalue weighted by Crippen LogP contribution is 2.24. The van der Waals surface area contributed by atoms with Gasteiger partial charge in [0.2, 0.25) is 11.8 Å². The number of sulfone groups is 1. The minimum Gasteiger partial charge on any atom is -0.415 e. The van der Waals surface area contributed by atoms with Crippen molar-refractivity contribution >= 4 is 15.7 Å². The molecule has 0 radical (unpaired) electrons. The number of hydrogen-bond donors (Lipinski definition) is 0. The Morgan fingerprint density at radius 3 is 2.39 bits per heavy atom. The zero-order valence-electron chi connectivity index (χ0n) is 17.3. The molecule has 1 aromatic carbocycles. The predicted molar refractivity (Wildman–Crippen MR) is 113 cm³/mol. The van der Waals surface area contributed by atoms with Gasteiger partial charge in [-0.05, 0) is 11.6 Å². The van der Waals surface area contributed by atoms with Crippen LogP contribution >= 0.6 is 0 Å². The van der Waals surface area contributed by atoms with Crippen LogP contribution < -0.4 is 5.56 Å². The molecule has 0 bridgehead atoms. The molecule has 1 amide bonds. The van der Waals surface area contributed by atoms with Crippen LogP contribution in [-0.2, 0) is 21.2 Å². The molecule has 4 rings (SSSR count). The topological polar surface area (TPSA) is 115 Å². The van der Waals surface area contributed by atoms with Crippen molar-refractivity contribution in [3.05, 3.63) is 70.5 Å². The number of amides is 1. The number of nitrogens with zero attached hydrogens (tertiary/aromatic N) is 4. The maximum absolute atomic E-state index is 13.3. The van der Waals surface area contributed by atoms with E-state index in [1.54, 1.807) is 30.3 Å². The molecule has 1 saturated heterocycles. The third kappa shape index (κ3) is 5.16. The number of benzene rings is 1. The van der Waals surface area contributed by atoms with Crippen LogP contribution in [0.5, 0.6) is 0 Å². The van der Waals surface area contributed by atoms with Crippen molar-refractivity contribution in [1.82, 2.24) is 19.7 Å². The van der Waals surface area contributed by atoms with Crippen LogP contribution in [0.3, 0.4) is 0 Å². The molecule has 3 aromatic rings. The molecule has 2 aromatic heterocycles. The minimum absolute atomic E-state index is 0.0112. The molecule has 0 spiro atoms. The maximum atomic E-state index is 13.3. The second-order valence-electron chi connectivity index (χ2n) is 7.59. The van der Waals surface area contributed by atoms with E-state index in [4.69, 9.17) is 4.42 Å². The zero-order valence-corrected chi connectivity index (χ0v) is 18.1. The molecular weight excluding hydrogens is 458 g/mol. The summed E-state index contributed by atoms with van der Waals surface area (Å²) in [7, 11) is -3.16. The Labute approximate surface area is 187 Å². The van der Waals surface area contributed by atoms with Crippen molar-refractivity contribution < 1.29 is 26.4 Å². The normalized spacial score (nSPS) is 16.6. The van der Waals surface area contributed by atoms with Crippen molar-refractivity contribution in [2.45, 2.75) is 18.9 Å². The van der Waals surface area contributed by atoms with Gasteiger partial charge in [0.25, 0.3) is 11.4 Å². The number of halogens is 2. The summed E-state index contributed by atoms with van der Waals surface area (Å²) in [6.07, 6.45) is -1.50. The number of carbonyl (C=O) groups excluding carboxylic acids is 1. The standard InChI is InChI=1S/C21H20F2N4O5S/c22-18(23)20-25-24-19(32-20)15-6-7-27(17(28)12-15)13-16(14-4-2-1-3-5-14)21(29)26-8-10-33(30,31)11-9-26/h1-7,12,16,18H,8-11,13H2. The van der Waals surface area contributed by atoms with E-state index in [-0.39, 0.29) is 48.5 Å². The third-order valence-electron chi connectivity index (χ3n) is 5.41.